The fourth-order valence-corrected chi connectivity index (χ4v) is 4.13. The van der Waals surface area contributed by atoms with Crippen molar-refractivity contribution in [3.63, 3.8) is 0 Å². The topological polar surface area (TPSA) is 61.4 Å². The summed E-state index contributed by atoms with van der Waals surface area (Å²) in [6.45, 7) is 5.89. The minimum atomic E-state index is -0.575. The summed E-state index contributed by atoms with van der Waals surface area (Å²) in [6.07, 6.45) is 1.000. The van der Waals surface area contributed by atoms with Crippen molar-refractivity contribution >= 4 is 23.2 Å². The van der Waals surface area contributed by atoms with Gasteiger partial charge in [0.2, 0.25) is 0 Å². The molecule has 0 aliphatic carbocycles. The molecule has 138 valence electrons. The summed E-state index contributed by atoms with van der Waals surface area (Å²) in [5, 5.41) is 7.49. The van der Waals surface area contributed by atoms with E-state index >= 15 is 0 Å². The average Bonchev–Trinajstić information content (AvgIpc) is 3.15. The second kappa shape index (κ2) is 8.47. The Kier molecular flexibility index (Phi) is 6.06. The van der Waals surface area contributed by atoms with Gasteiger partial charge in [0, 0.05) is 30.6 Å². The molecule has 0 saturated heterocycles. The molecule has 1 aromatic carbocycles. The summed E-state index contributed by atoms with van der Waals surface area (Å²) in [7, 11) is 0. The molecule has 1 aliphatic heterocycles. The molecule has 3 rings (SSSR count). The van der Waals surface area contributed by atoms with Gasteiger partial charge in [0.05, 0.1) is 6.04 Å². The molecule has 0 radical (unpaired) electrons. The normalized spacial score (nSPS) is 15.3. The van der Waals surface area contributed by atoms with Crippen molar-refractivity contribution < 1.29 is 9.59 Å². The van der Waals surface area contributed by atoms with Crippen LogP contribution in [0.2, 0.25) is 0 Å². The molecule has 26 heavy (non-hydrogen) atoms. The predicted molar refractivity (Wildman–Crippen MR) is 104 cm³/mol. The van der Waals surface area contributed by atoms with Crippen LogP contribution >= 0.6 is 11.3 Å². The van der Waals surface area contributed by atoms with Gasteiger partial charge in [0.15, 0.2) is 0 Å². The van der Waals surface area contributed by atoms with Gasteiger partial charge in [-0.25, -0.2) is 0 Å². The molecule has 2 amide bonds. The van der Waals surface area contributed by atoms with Crippen LogP contribution in [0.5, 0.6) is 0 Å². The lowest BCUT2D eigenvalue weighted by atomic mass is 9.98. The molecule has 0 saturated carbocycles. The van der Waals surface area contributed by atoms with E-state index in [9.17, 15) is 9.59 Å². The molecule has 6 heteroatoms. The Balaban J connectivity index is 1.69. The summed E-state index contributed by atoms with van der Waals surface area (Å²) < 4.78 is 0. The zero-order chi connectivity index (χ0) is 18.5. The van der Waals surface area contributed by atoms with Crippen LogP contribution in [-0.2, 0) is 22.6 Å². The van der Waals surface area contributed by atoms with Crippen molar-refractivity contribution in [2.24, 2.45) is 0 Å². The number of thiophene rings is 1. The van der Waals surface area contributed by atoms with E-state index in [1.807, 2.05) is 25.3 Å². The number of nitrogens with zero attached hydrogens (tertiary/aromatic N) is 1. The molecule has 1 atom stereocenters. The van der Waals surface area contributed by atoms with Gasteiger partial charge in [0.25, 0.3) is 0 Å². The predicted octanol–water partition coefficient (Wildman–Crippen LogP) is 2.49. The van der Waals surface area contributed by atoms with E-state index in [1.165, 1.54) is 16.0 Å². The third-order valence-electron chi connectivity index (χ3n) is 4.55. The van der Waals surface area contributed by atoms with Crippen LogP contribution in [-0.4, -0.2) is 35.8 Å². The van der Waals surface area contributed by atoms with Crippen LogP contribution in [0, 0.1) is 0 Å². The smallest absolute Gasteiger partial charge is 0.309 e. The maximum absolute atomic E-state index is 12.1. The first-order chi connectivity index (χ1) is 12.5. The highest BCUT2D eigenvalue weighted by Gasteiger charge is 2.26. The van der Waals surface area contributed by atoms with Gasteiger partial charge in [-0.3, -0.25) is 14.5 Å². The van der Waals surface area contributed by atoms with Crippen molar-refractivity contribution in [2.75, 3.05) is 13.1 Å². The van der Waals surface area contributed by atoms with Gasteiger partial charge in [0.1, 0.15) is 0 Å². The molecule has 0 bridgehead atoms. The number of rotatable bonds is 5. The number of carbonyl (C=O) groups excluding carboxylic acids is 2. The first-order valence-corrected chi connectivity index (χ1v) is 9.85. The lowest BCUT2D eigenvalue weighted by Crippen LogP contribution is -2.46. The molecule has 5 nitrogen and oxygen atoms in total. The molecule has 2 heterocycles. The summed E-state index contributed by atoms with van der Waals surface area (Å²) in [4.78, 5) is 27.5. The van der Waals surface area contributed by atoms with Crippen molar-refractivity contribution in [1.29, 1.82) is 0 Å². The fourth-order valence-electron chi connectivity index (χ4n) is 3.27. The zero-order valence-electron chi connectivity index (χ0n) is 15.2. The maximum Gasteiger partial charge on any atom is 0.309 e. The number of benzene rings is 1. The standard InChI is InChI=1S/C20H25N3O2S/c1-14(2)22-20(25)19(24)21-12-17(18-8-5-11-26-18)23-10-9-15-6-3-4-7-16(15)13-23/h3-8,11,14,17H,9-10,12-13H2,1-2H3,(H,21,24)(H,22,25)/t17-/m1/s1. The number of fused-ring (bicyclic) bond motifs is 1. The summed E-state index contributed by atoms with van der Waals surface area (Å²) >= 11 is 1.68. The van der Waals surface area contributed by atoms with Crippen LogP contribution in [0.25, 0.3) is 0 Å². The Morgan fingerprint density at radius 1 is 1.12 bits per heavy atom. The van der Waals surface area contributed by atoms with Crippen LogP contribution in [0.3, 0.4) is 0 Å². The Morgan fingerprint density at radius 2 is 1.88 bits per heavy atom. The Bertz CT molecular complexity index is 758. The van der Waals surface area contributed by atoms with Crippen LogP contribution < -0.4 is 10.6 Å². The Labute approximate surface area is 158 Å². The summed E-state index contributed by atoms with van der Waals surface area (Å²) in [5.74, 6) is -1.15. The number of hydrogen-bond donors (Lipinski definition) is 2. The first kappa shape index (κ1) is 18.6. The van der Waals surface area contributed by atoms with E-state index in [2.05, 4.69) is 45.9 Å². The highest BCUT2D eigenvalue weighted by Crippen LogP contribution is 2.29. The van der Waals surface area contributed by atoms with E-state index in [-0.39, 0.29) is 12.1 Å². The van der Waals surface area contributed by atoms with Crippen molar-refractivity contribution in [2.45, 2.75) is 38.9 Å². The summed E-state index contributed by atoms with van der Waals surface area (Å²) in [5.41, 5.74) is 2.73. The van der Waals surface area contributed by atoms with Crippen molar-refractivity contribution in [1.82, 2.24) is 15.5 Å². The van der Waals surface area contributed by atoms with Gasteiger partial charge < -0.3 is 10.6 Å². The number of nitrogens with one attached hydrogen (secondary N) is 2. The zero-order valence-corrected chi connectivity index (χ0v) is 16.0. The molecule has 0 fully saturated rings. The van der Waals surface area contributed by atoms with E-state index < -0.39 is 11.8 Å². The SMILES string of the molecule is CC(C)NC(=O)C(=O)NC[C@H](c1cccs1)N1CCc2ccccc2C1. The second-order valence-electron chi connectivity index (χ2n) is 6.86. The fraction of sp³-hybridized carbons (Fsp3) is 0.400. The lowest BCUT2D eigenvalue weighted by molar-refractivity contribution is -0.139. The molecule has 2 N–H and O–H groups in total. The van der Waals surface area contributed by atoms with E-state index in [1.54, 1.807) is 11.3 Å². The molecular formula is C20H25N3O2S. The second-order valence-corrected chi connectivity index (χ2v) is 7.84. The minimum Gasteiger partial charge on any atom is -0.346 e. The van der Waals surface area contributed by atoms with Gasteiger partial charge >= 0.3 is 11.8 Å². The highest BCUT2D eigenvalue weighted by atomic mass is 32.1. The van der Waals surface area contributed by atoms with E-state index in [0.29, 0.717) is 6.54 Å². The van der Waals surface area contributed by atoms with Gasteiger partial charge in [-0.05, 0) is 42.8 Å². The van der Waals surface area contributed by atoms with Crippen LogP contribution in [0.15, 0.2) is 41.8 Å². The van der Waals surface area contributed by atoms with Gasteiger partial charge in [-0.15, -0.1) is 11.3 Å². The van der Waals surface area contributed by atoms with Crippen molar-refractivity contribution in [3.8, 4) is 0 Å². The van der Waals surface area contributed by atoms with E-state index in [4.69, 9.17) is 0 Å². The van der Waals surface area contributed by atoms with Gasteiger partial charge in [-0.1, -0.05) is 30.3 Å². The molecule has 1 aromatic heterocycles. The van der Waals surface area contributed by atoms with Gasteiger partial charge in [-0.2, -0.15) is 0 Å². The lowest BCUT2D eigenvalue weighted by Gasteiger charge is -2.35. The third kappa shape index (κ3) is 4.51. The summed E-state index contributed by atoms with van der Waals surface area (Å²) in [6, 6.07) is 12.6. The quantitative estimate of drug-likeness (QED) is 0.794. The third-order valence-corrected chi connectivity index (χ3v) is 5.53. The Hall–Kier alpha value is -2.18. The first-order valence-electron chi connectivity index (χ1n) is 8.97. The molecule has 0 unspecified atom stereocenters. The Morgan fingerprint density at radius 3 is 2.58 bits per heavy atom. The monoisotopic (exact) mass is 371 g/mol. The molecular weight excluding hydrogens is 346 g/mol. The minimum absolute atomic E-state index is 0.0556. The largest absolute Gasteiger partial charge is 0.346 e. The highest BCUT2D eigenvalue weighted by molar-refractivity contribution is 7.10. The molecule has 0 spiro atoms. The van der Waals surface area contributed by atoms with Crippen molar-refractivity contribution in [3.05, 3.63) is 57.8 Å². The molecule has 2 aromatic rings. The average molecular weight is 372 g/mol. The number of carbonyl (C=O) groups is 2. The number of amides is 2. The number of hydrogen-bond acceptors (Lipinski definition) is 4. The van der Waals surface area contributed by atoms with Crippen LogP contribution in [0.1, 0.15) is 35.9 Å². The molecule has 1 aliphatic rings. The van der Waals surface area contributed by atoms with Crippen LogP contribution in [0.4, 0.5) is 0 Å². The maximum atomic E-state index is 12.1. The van der Waals surface area contributed by atoms with E-state index in [0.717, 1.165) is 19.5 Å².